The van der Waals surface area contributed by atoms with Gasteiger partial charge >= 0.3 is 0 Å². The summed E-state index contributed by atoms with van der Waals surface area (Å²) in [6.07, 6.45) is 2.77. The molecule has 0 fully saturated rings. The fourth-order valence-corrected chi connectivity index (χ4v) is 2.43. The number of hydrogen-bond acceptors (Lipinski definition) is 4. The van der Waals surface area contributed by atoms with E-state index < -0.39 is 0 Å². The predicted molar refractivity (Wildman–Crippen MR) is 67.4 cm³/mol. The number of aromatic nitrogens is 2. The fraction of sp³-hybridized carbons (Fsp3) is 0.333. The van der Waals surface area contributed by atoms with Crippen LogP contribution in [0.2, 0.25) is 0 Å². The highest BCUT2D eigenvalue weighted by Crippen LogP contribution is 2.26. The van der Waals surface area contributed by atoms with E-state index in [1.807, 2.05) is 18.2 Å². The summed E-state index contributed by atoms with van der Waals surface area (Å²) in [6.45, 7) is 2.86. The molecule has 84 valence electrons. The lowest BCUT2D eigenvalue weighted by molar-refractivity contribution is 0.675. The van der Waals surface area contributed by atoms with Crippen molar-refractivity contribution < 1.29 is 0 Å². The molecule has 0 aliphatic rings. The summed E-state index contributed by atoms with van der Waals surface area (Å²) in [5.41, 5.74) is 7.61. The Morgan fingerprint density at radius 2 is 2.31 bits per heavy atom. The van der Waals surface area contributed by atoms with Gasteiger partial charge < -0.3 is 5.73 Å². The van der Waals surface area contributed by atoms with Gasteiger partial charge in [-0.2, -0.15) is 0 Å². The maximum atomic E-state index is 5.55. The van der Waals surface area contributed by atoms with Gasteiger partial charge in [-0.3, -0.25) is 4.98 Å². The average molecular weight is 233 g/mol. The van der Waals surface area contributed by atoms with E-state index in [4.69, 9.17) is 5.73 Å². The van der Waals surface area contributed by atoms with E-state index in [1.54, 1.807) is 17.5 Å². The molecule has 0 radical (unpaired) electrons. The Bertz CT molecular complexity index is 439. The monoisotopic (exact) mass is 233 g/mol. The van der Waals surface area contributed by atoms with Crippen LogP contribution in [0, 0.1) is 0 Å². The summed E-state index contributed by atoms with van der Waals surface area (Å²) in [7, 11) is 0. The minimum absolute atomic E-state index is 0.429. The summed E-state index contributed by atoms with van der Waals surface area (Å²) in [6, 6.07) is 5.87. The number of rotatable bonds is 4. The van der Waals surface area contributed by atoms with E-state index >= 15 is 0 Å². The maximum Gasteiger partial charge on any atom is 0.142 e. The van der Waals surface area contributed by atoms with Crippen LogP contribution in [0.1, 0.15) is 25.0 Å². The number of hydrogen-bond donors (Lipinski definition) is 1. The third-order valence-corrected chi connectivity index (χ3v) is 3.39. The molecule has 1 unspecified atom stereocenters. The Hall–Kier alpha value is -1.26. The van der Waals surface area contributed by atoms with Gasteiger partial charge in [-0.1, -0.05) is 13.0 Å². The predicted octanol–water partition coefficient (Wildman–Crippen LogP) is 2.66. The lowest BCUT2D eigenvalue weighted by Gasteiger charge is -2.04. The van der Waals surface area contributed by atoms with Crippen molar-refractivity contribution in [2.24, 2.45) is 5.73 Å². The van der Waals surface area contributed by atoms with Crippen LogP contribution >= 0.6 is 11.3 Å². The number of thiazole rings is 1. The van der Waals surface area contributed by atoms with Gasteiger partial charge in [0.05, 0.1) is 11.4 Å². The molecule has 16 heavy (non-hydrogen) atoms. The summed E-state index contributed by atoms with van der Waals surface area (Å²) in [5, 5.41) is 3.09. The molecule has 2 heterocycles. The second kappa shape index (κ2) is 5.18. The van der Waals surface area contributed by atoms with Crippen molar-refractivity contribution >= 4 is 11.3 Å². The molecule has 3 nitrogen and oxygen atoms in total. The van der Waals surface area contributed by atoms with Gasteiger partial charge in [0.25, 0.3) is 0 Å². The molecule has 2 aromatic heterocycles. The van der Waals surface area contributed by atoms with E-state index in [9.17, 15) is 0 Å². The zero-order chi connectivity index (χ0) is 11.4. The fourth-order valence-electron chi connectivity index (χ4n) is 1.52. The molecule has 0 aliphatic carbocycles. The molecule has 1 atom stereocenters. The normalized spacial score (nSPS) is 12.6. The highest BCUT2D eigenvalue weighted by molar-refractivity contribution is 7.13. The molecule has 0 bridgehead atoms. The van der Waals surface area contributed by atoms with Crippen LogP contribution in [0.15, 0.2) is 29.8 Å². The molecule has 0 saturated heterocycles. The van der Waals surface area contributed by atoms with Crippen LogP contribution in [0.3, 0.4) is 0 Å². The first-order valence-corrected chi connectivity index (χ1v) is 6.26. The van der Waals surface area contributed by atoms with Crippen LogP contribution in [0.5, 0.6) is 0 Å². The first-order valence-electron chi connectivity index (χ1n) is 5.38. The summed E-state index contributed by atoms with van der Waals surface area (Å²) in [5.74, 6) is 0.429. The molecule has 0 aliphatic heterocycles. The van der Waals surface area contributed by atoms with Crippen LogP contribution in [0.4, 0.5) is 0 Å². The summed E-state index contributed by atoms with van der Waals surface area (Å²) >= 11 is 1.64. The van der Waals surface area contributed by atoms with E-state index in [-0.39, 0.29) is 0 Å². The van der Waals surface area contributed by atoms with Crippen molar-refractivity contribution in [3.63, 3.8) is 0 Å². The molecular weight excluding hydrogens is 218 g/mol. The van der Waals surface area contributed by atoms with Crippen molar-refractivity contribution in [3.05, 3.63) is 35.5 Å². The standard InChI is InChI=1S/C12H15N3S/c1-9(5-6-13)11-8-16-12(15-11)10-4-2-3-7-14-10/h2-4,7-9H,5-6,13H2,1H3. The minimum Gasteiger partial charge on any atom is -0.330 e. The topological polar surface area (TPSA) is 51.8 Å². The summed E-state index contributed by atoms with van der Waals surface area (Å²) < 4.78 is 0. The number of nitrogens with two attached hydrogens (primary N) is 1. The van der Waals surface area contributed by atoms with Crippen molar-refractivity contribution in [3.8, 4) is 10.7 Å². The number of nitrogens with zero attached hydrogens (tertiary/aromatic N) is 2. The Kier molecular flexibility index (Phi) is 3.64. The second-order valence-corrected chi connectivity index (χ2v) is 4.63. The third-order valence-electron chi connectivity index (χ3n) is 2.51. The third kappa shape index (κ3) is 2.46. The van der Waals surface area contributed by atoms with Crippen LogP contribution in [-0.2, 0) is 0 Å². The highest BCUT2D eigenvalue weighted by Gasteiger charge is 2.10. The van der Waals surface area contributed by atoms with Gasteiger partial charge in [0.2, 0.25) is 0 Å². The SMILES string of the molecule is CC(CCN)c1csc(-c2ccccn2)n1. The van der Waals surface area contributed by atoms with Crippen LogP contribution in [0.25, 0.3) is 10.7 Å². The highest BCUT2D eigenvalue weighted by atomic mass is 32.1. The van der Waals surface area contributed by atoms with Crippen molar-refractivity contribution in [2.75, 3.05) is 6.54 Å². The smallest absolute Gasteiger partial charge is 0.142 e. The Morgan fingerprint density at radius 1 is 1.44 bits per heavy atom. The van der Waals surface area contributed by atoms with Crippen molar-refractivity contribution in [1.29, 1.82) is 0 Å². The molecule has 0 saturated carbocycles. The van der Waals surface area contributed by atoms with Gasteiger partial charge in [-0.15, -0.1) is 11.3 Å². The first kappa shape index (κ1) is 11.2. The second-order valence-electron chi connectivity index (χ2n) is 3.77. The minimum atomic E-state index is 0.429. The van der Waals surface area contributed by atoms with E-state index in [0.29, 0.717) is 12.5 Å². The van der Waals surface area contributed by atoms with E-state index in [0.717, 1.165) is 22.8 Å². The molecular formula is C12H15N3S. The molecule has 0 amide bonds. The molecule has 2 aromatic rings. The molecule has 2 rings (SSSR count). The van der Waals surface area contributed by atoms with Gasteiger partial charge in [0.15, 0.2) is 0 Å². The lowest BCUT2D eigenvalue weighted by Crippen LogP contribution is -2.04. The van der Waals surface area contributed by atoms with Gasteiger partial charge in [-0.25, -0.2) is 4.98 Å². The quantitative estimate of drug-likeness (QED) is 0.883. The zero-order valence-corrected chi connectivity index (χ0v) is 10.1. The molecule has 0 aromatic carbocycles. The van der Waals surface area contributed by atoms with E-state index in [2.05, 4.69) is 22.3 Å². The largest absolute Gasteiger partial charge is 0.330 e. The maximum absolute atomic E-state index is 5.55. The Balaban J connectivity index is 2.20. The average Bonchev–Trinajstić information content (AvgIpc) is 2.80. The van der Waals surface area contributed by atoms with Crippen molar-refractivity contribution in [1.82, 2.24) is 9.97 Å². The van der Waals surface area contributed by atoms with E-state index in [1.165, 1.54) is 0 Å². The van der Waals surface area contributed by atoms with Crippen LogP contribution in [-0.4, -0.2) is 16.5 Å². The Morgan fingerprint density at radius 3 is 3.00 bits per heavy atom. The summed E-state index contributed by atoms with van der Waals surface area (Å²) in [4.78, 5) is 8.89. The lowest BCUT2D eigenvalue weighted by atomic mass is 10.1. The molecule has 4 heteroatoms. The van der Waals surface area contributed by atoms with Crippen molar-refractivity contribution in [2.45, 2.75) is 19.3 Å². The molecule has 2 N–H and O–H groups in total. The van der Waals surface area contributed by atoms with Gasteiger partial charge in [0.1, 0.15) is 5.01 Å². The zero-order valence-electron chi connectivity index (χ0n) is 9.26. The number of pyridine rings is 1. The Labute approximate surface area is 99.4 Å². The molecule has 0 spiro atoms. The van der Waals surface area contributed by atoms with Gasteiger partial charge in [-0.05, 0) is 25.1 Å². The van der Waals surface area contributed by atoms with Crippen LogP contribution < -0.4 is 5.73 Å². The van der Waals surface area contributed by atoms with Gasteiger partial charge in [0, 0.05) is 17.5 Å². The first-order chi connectivity index (χ1) is 7.81.